The fourth-order valence-corrected chi connectivity index (χ4v) is 4.53. The summed E-state index contributed by atoms with van der Waals surface area (Å²) in [6.07, 6.45) is 0.474. The molecular formula is C22H19N3O4S. The molecular weight excluding hydrogens is 402 g/mol. The van der Waals surface area contributed by atoms with Gasteiger partial charge in [0.25, 0.3) is 0 Å². The average Bonchev–Trinajstić information content (AvgIpc) is 2.75. The molecule has 152 valence electrons. The number of hydrogen-bond donors (Lipinski definition) is 3. The standard InChI is InChI=1S/C22H19N3O4S/c26-21-22(27)24-20-14-17(11-12-18(20)23-21)30(28,29)25-19(16-9-5-2-6-10-16)13-15-7-3-1-4-8-15/h1-12,14,19,25H,13H2,(H,23,26)(H,24,27)/t19-/m1/s1. The van der Waals surface area contributed by atoms with E-state index in [-0.39, 0.29) is 10.4 Å². The third-order valence-electron chi connectivity index (χ3n) is 4.79. The van der Waals surface area contributed by atoms with Crippen LogP contribution in [0.4, 0.5) is 0 Å². The van der Waals surface area contributed by atoms with Gasteiger partial charge in [-0.25, -0.2) is 13.1 Å². The zero-order valence-corrected chi connectivity index (χ0v) is 16.6. The molecule has 1 heterocycles. The summed E-state index contributed by atoms with van der Waals surface area (Å²) < 4.78 is 29.0. The Balaban J connectivity index is 1.71. The highest BCUT2D eigenvalue weighted by Gasteiger charge is 2.22. The van der Waals surface area contributed by atoms with Crippen LogP contribution in [0.25, 0.3) is 11.0 Å². The monoisotopic (exact) mass is 421 g/mol. The Labute approximate surface area is 172 Å². The largest absolute Gasteiger partial charge is 0.316 e. The van der Waals surface area contributed by atoms with Gasteiger partial charge < -0.3 is 9.97 Å². The van der Waals surface area contributed by atoms with E-state index in [2.05, 4.69) is 14.7 Å². The highest BCUT2D eigenvalue weighted by molar-refractivity contribution is 7.89. The van der Waals surface area contributed by atoms with Crippen molar-refractivity contribution in [3.05, 3.63) is 111 Å². The van der Waals surface area contributed by atoms with Crippen LogP contribution in [0, 0.1) is 0 Å². The van der Waals surface area contributed by atoms with Crippen molar-refractivity contribution < 1.29 is 8.42 Å². The molecule has 0 aliphatic carbocycles. The van der Waals surface area contributed by atoms with Crippen LogP contribution in [0.5, 0.6) is 0 Å². The lowest BCUT2D eigenvalue weighted by molar-refractivity contribution is 0.555. The molecule has 0 fully saturated rings. The molecule has 1 atom stereocenters. The van der Waals surface area contributed by atoms with Gasteiger partial charge in [-0.1, -0.05) is 60.7 Å². The summed E-state index contributed by atoms with van der Waals surface area (Å²) in [6, 6.07) is 22.7. The molecule has 7 nitrogen and oxygen atoms in total. The summed E-state index contributed by atoms with van der Waals surface area (Å²) in [5, 5.41) is 0. The van der Waals surface area contributed by atoms with Gasteiger partial charge in [0.05, 0.1) is 22.0 Å². The van der Waals surface area contributed by atoms with Crippen molar-refractivity contribution in [1.82, 2.24) is 14.7 Å². The van der Waals surface area contributed by atoms with Crippen LogP contribution >= 0.6 is 0 Å². The van der Waals surface area contributed by atoms with Gasteiger partial charge in [-0.3, -0.25) is 9.59 Å². The molecule has 3 N–H and O–H groups in total. The maximum absolute atomic E-state index is 13.1. The number of aromatic nitrogens is 2. The maximum atomic E-state index is 13.1. The first-order chi connectivity index (χ1) is 14.4. The van der Waals surface area contributed by atoms with E-state index in [1.165, 1.54) is 18.2 Å². The molecule has 8 heteroatoms. The Kier molecular flexibility index (Phi) is 5.35. The summed E-state index contributed by atoms with van der Waals surface area (Å²) >= 11 is 0. The van der Waals surface area contributed by atoms with Crippen molar-refractivity contribution in [2.24, 2.45) is 0 Å². The Hall–Kier alpha value is -3.49. The summed E-state index contributed by atoms with van der Waals surface area (Å²) in [5.41, 5.74) is 0.793. The van der Waals surface area contributed by atoms with Crippen LogP contribution in [0.1, 0.15) is 17.2 Å². The zero-order valence-electron chi connectivity index (χ0n) is 15.8. The van der Waals surface area contributed by atoms with E-state index in [0.29, 0.717) is 11.9 Å². The highest BCUT2D eigenvalue weighted by Crippen LogP contribution is 2.22. The maximum Gasteiger partial charge on any atom is 0.314 e. The minimum atomic E-state index is -3.91. The van der Waals surface area contributed by atoms with Gasteiger partial charge in [-0.15, -0.1) is 0 Å². The van der Waals surface area contributed by atoms with E-state index in [1.807, 2.05) is 60.7 Å². The van der Waals surface area contributed by atoms with E-state index in [0.717, 1.165) is 11.1 Å². The molecule has 0 saturated carbocycles. The van der Waals surface area contributed by atoms with Gasteiger partial charge in [0.2, 0.25) is 10.0 Å². The topological polar surface area (TPSA) is 112 Å². The minimum Gasteiger partial charge on any atom is -0.316 e. The minimum absolute atomic E-state index is 0.00769. The van der Waals surface area contributed by atoms with Gasteiger partial charge in [0.1, 0.15) is 0 Å². The third-order valence-corrected chi connectivity index (χ3v) is 6.26. The predicted octanol–water partition coefficient (Wildman–Crippen LogP) is 2.48. The number of hydrogen-bond acceptors (Lipinski definition) is 4. The van der Waals surface area contributed by atoms with Crippen molar-refractivity contribution in [2.45, 2.75) is 17.4 Å². The Bertz CT molecular complexity index is 1400. The molecule has 1 aromatic heterocycles. The van der Waals surface area contributed by atoms with Crippen molar-refractivity contribution in [2.75, 3.05) is 0 Å². The second kappa shape index (κ2) is 8.10. The number of H-pyrrole nitrogens is 2. The summed E-state index contributed by atoms with van der Waals surface area (Å²) in [6.45, 7) is 0. The van der Waals surface area contributed by atoms with Crippen molar-refractivity contribution in [3.63, 3.8) is 0 Å². The van der Waals surface area contributed by atoms with E-state index in [1.54, 1.807) is 0 Å². The molecule has 30 heavy (non-hydrogen) atoms. The first kappa shape index (κ1) is 19.8. The fraction of sp³-hybridized carbons (Fsp3) is 0.0909. The summed E-state index contributed by atoms with van der Waals surface area (Å²) in [7, 11) is -3.91. The molecule has 0 saturated heterocycles. The van der Waals surface area contributed by atoms with Crippen LogP contribution < -0.4 is 15.8 Å². The molecule has 3 aromatic carbocycles. The molecule has 0 amide bonds. The quantitative estimate of drug-likeness (QED) is 0.415. The van der Waals surface area contributed by atoms with Gasteiger partial charge in [-0.2, -0.15) is 0 Å². The summed E-state index contributed by atoms with van der Waals surface area (Å²) in [4.78, 5) is 27.9. The van der Waals surface area contributed by atoms with Gasteiger partial charge >= 0.3 is 11.1 Å². The molecule has 0 bridgehead atoms. The second-order valence-electron chi connectivity index (χ2n) is 6.89. The van der Waals surface area contributed by atoms with Gasteiger partial charge in [0, 0.05) is 0 Å². The number of aromatic amines is 2. The summed E-state index contributed by atoms with van der Waals surface area (Å²) in [5.74, 6) is 0. The Morgan fingerprint density at radius 2 is 1.37 bits per heavy atom. The molecule has 0 radical (unpaired) electrons. The SMILES string of the molecule is O=c1[nH]c2ccc(S(=O)(=O)N[C@H](Cc3ccccc3)c3ccccc3)cc2[nH]c1=O. The highest BCUT2D eigenvalue weighted by atomic mass is 32.2. The Morgan fingerprint density at radius 3 is 2.03 bits per heavy atom. The van der Waals surface area contributed by atoms with Crippen LogP contribution in [-0.4, -0.2) is 18.4 Å². The van der Waals surface area contributed by atoms with Crippen LogP contribution in [0.2, 0.25) is 0 Å². The molecule has 4 aromatic rings. The van der Waals surface area contributed by atoms with E-state index >= 15 is 0 Å². The molecule has 0 aliphatic heterocycles. The number of benzene rings is 3. The Morgan fingerprint density at radius 1 is 0.767 bits per heavy atom. The number of rotatable bonds is 6. The first-order valence-electron chi connectivity index (χ1n) is 9.30. The number of fused-ring (bicyclic) bond motifs is 1. The van der Waals surface area contributed by atoms with Crippen molar-refractivity contribution in [1.29, 1.82) is 0 Å². The first-order valence-corrected chi connectivity index (χ1v) is 10.8. The smallest absolute Gasteiger partial charge is 0.314 e. The number of nitrogens with one attached hydrogen (secondary N) is 3. The van der Waals surface area contributed by atoms with Crippen LogP contribution in [0.3, 0.4) is 0 Å². The lowest BCUT2D eigenvalue weighted by Gasteiger charge is -2.20. The number of sulfonamides is 1. The molecule has 0 aliphatic rings. The van der Waals surface area contributed by atoms with E-state index < -0.39 is 27.2 Å². The fourth-order valence-electron chi connectivity index (χ4n) is 3.28. The van der Waals surface area contributed by atoms with Crippen LogP contribution in [-0.2, 0) is 16.4 Å². The van der Waals surface area contributed by atoms with Crippen molar-refractivity contribution in [3.8, 4) is 0 Å². The molecule has 4 rings (SSSR count). The van der Waals surface area contributed by atoms with Gasteiger partial charge in [-0.05, 0) is 35.7 Å². The lowest BCUT2D eigenvalue weighted by atomic mass is 10.00. The van der Waals surface area contributed by atoms with E-state index in [9.17, 15) is 18.0 Å². The van der Waals surface area contributed by atoms with Crippen LogP contribution in [0.15, 0.2) is 93.3 Å². The predicted molar refractivity (Wildman–Crippen MR) is 115 cm³/mol. The van der Waals surface area contributed by atoms with Gasteiger partial charge in [0.15, 0.2) is 0 Å². The lowest BCUT2D eigenvalue weighted by Crippen LogP contribution is -2.31. The second-order valence-corrected chi connectivity index (χ2v) is 8.60. The third kappa shape index (κ3) is 4.24. The average molecular weight is 421 g/mol. The molecule has 0 unspecified atom stereocenters. The molecule has 0 spiro atoms. The normalized spacial score (nSPS) is 12.7. The van der Waals surface area contributed by atoms with Crippen molar-refractivity contribution >= 4 is 21.1 Å². The zero-order chi connectivity index (χ0) is 21.1. The van der Waals surface area contributed by atoms with E-state index in [4.69, 9.17) is 0 Å².